The maximum absolute atomic E-state index is 12.2. The van der Waals surface area contributed by atoms with Gasteiger partial charge in [-0.05, 0) is 43.3 Å². The van der Waals surface area contributed by atoms with Gasteiger partial charge in [0.1, 0.15) is 16.9 Å². The quantitative estimate of drug-likeness (QED) is 0.359. The molecule has 26 heavy (non-hydrogen) atoms. The molecule has 0 bridgehead atoms. The lowest BCUT2D eigenvalue weighted by Crippen LogP contribution is -2.14. The molecule has 2 aromatic carbocycles. The molecule has 0 aliphatic rings. The summed E-state index contributed by atoms with van der Waals surface area (Å²) >= 11 is 4.78. The topological polar surface area (TPSA) is 70.7 Å². The predicted molar refractivity (Wildman–Crippen MR) is 110 cm³/mol. The standard InChI is InChI=1S/C19H15BrN4OS/c1-11-2-7-15-14(8-11)17-18(24-15)19(22-10-21-17)26-9-16(25)23-13-5-3-12(20)4-6-13/h2-8,10,24H,9H2,1H3,(H,23,25). The molecule has 0 aliphatic carbocycles. The van der Waals surface area contributed by atoms with Crippen molar-refractivity contribution in [2.24, 2.45) is 0 Å². The number of aryl methyl sites for hydroxylation is 1. The number of nitrogens with zero attached hydrogens (tertiary/aromatic N) is 2. The Morgan fingerprint density at radius 1 is 1.19 bits per heavy atom. The van der Waals surface area contributed by atoms with Gasteiger partial charge in [-0.3, -0.25) is 4.79 Å². The van der Waals surface area contributed by atoms with Crippen LogP contribution in [-0.2, 0) is 4.79 Å². The molecule has 0 aliphatic heterocycles. The molecule has 0 unspecified atom stereocenters. The third-order valence-electron chi connectivity index (χ3n) is 3.97. The van der Waals surface area contributed by atoms with E-state index in [0.717, 1.165) is 37.1 Å². The molecule has 1 amide bonds. The second kappa shape index (κ2) is 7.09. The van der Waals surface area contributed by atoms with Gasteiger partial charge in [-0.25, -0.2) is 9.97 Å². The van der Waals surface area contributed by atoms with Gasteiger partial charge < -0.3 is 10.3 Å². The van der Waals surface area contributed by atoms with E-state index in [1.807, 2.05) is 30.3 Å². The lowest BCUT2D eigenvalue weighted by Gasteiger charge is -2.05. The van der Waals surface area contributed by atoms with E-state index in [9.17, 15) is 4.79 Å². The van der Waals surface area contributed by atoms with Crippen molar-refractivity contribution in [3.63, 3.8) is 0 Å². The van der Waals surface area contributed by atoms with E-state index in [-0.39, 0.29) is 11.7 Å². The Morgan fingerprint density at radius 3 is 2.81 bits per heavy atom. The molecule has 2 heterocycles. The van der Waals surface area contributed by atoms with Crippen LogP contribution < -0.4 is 5.32 Å². The van der Waals surface area contributed by atoms with Gasteiger partial charge in [-0.2, -0.15) is 0 Å². The minimum atomic E-state index is -0.0731. The molecule has 0 atom stereocenters. The number of nitrogens with one attached hydrogen (secondary N) is 2. The smallest absolute Gasteiger partial charge is 0.234 e. The van der Waals surface area contributed by atoms with E-state index >= 15 is 0 Å². The largest absolute Gasteiger partial charge is 0.351 e. The average Bonchev–Trinajstić information content (AvgIpc) is 3.00. The summed E-state index contributed by atoms with van der Waals surface area (Å²) in [5.41, 5.74) is 4.73. The second-order valence-corrected chi connectivity index (χ2v) is 7.80. The van der Waals surface area contributed by atoms with Crippen LogP contribution in [0, 0.1) is 6.92 Å². The van der Waals surface area contributed by atoms with Crippen LogP contribution in [0.15, 0.2) is 58.3 Å². The van der Waals surface area contributed by atoms with E-state index in [0.29, 0.717) is 0 Å². The highest BCUT2D eigenvalue weighted by atomic mass is 79.9. The highest BCUT2D eigenvalue weighted by Crippen LogP contribution is 2.30. The number of amides is 1. The first-order chi connectivity index (χ1) is 12.6. The van der Waals surface area contributed by atoms with Gasteiger partial charge in [0.25, 0.3) is 0 Å². The Kier molecular flexibility index (Phi) is 4.65. The van der Waals surface area contributed by atoms with Crippen LogP contribution in [0.3, 0.4) is 0 Å². The zero-order chi connectivity index (χ0) is 18.1. The molecule has 4 aromatic rings. The molecule has 0 fully saturated rings. The van der Waals surface area contributed by atoms with Gasteiger partial charge in [0.15, 0.2) is 0 Å². The first kappa shape index (κ1) is 17.1. The molecule has 0 saturated heterocycles. The van der Waals surface area contributed by atoms with Crippen LogP contribution in [0.2, 0.25) is 0 Å². The minimum Gasteiger partial charge on any atom is -0.351 e. The van der Waals surface area contributed by atoms with Crippen LogP contribution in [-0.4, -0.2) is 26.6 Å². The summed E-state index contributed by atoms with van der Waals surface area (Å²) in [5, 5.41) is 4.73. The van der Waals surface area contributed by atoms with Crippen LogP contribution in [0.4, 0.5) is 5.69 Å². The van der Waals surface area contributed by atoms with Crippen molar-refractivity contribution in [3.05, 3.63) is 58.8 Å². The molecule has 2 N–H and O–H groups in total. The first-order valence-electron chi connectivity index (χ1n) is 8.01. The molecular weight excluding hydrogens is 412 g/mol. The maximum atomic E-state index is 12.2. The Labute approximate surface area is 162 Å². The van der Waals surface area contributed by atoms with Gasteiger partial charge >= 0.3 is 0 Å². The molecule has 0 spiro atoms. The summed E-state index contributed by atoms with van der Waals surface area (Å²) in [4.78, 5) is 24.4. The van der Waals surface area contributed by atoms with Gasteiger partial charge in [0.05, 0.1) is 11.3 Å². The fraction of sp³-hybridized carbons (Fsp3) is 0.105. The number of halogens is 1. The number of anilines is 1. The zero-order valence-electron chi connectivity index (χ0n) is 13.9. The molecular formula is C19H15BrN4OS. The number of H-pyrrole nitrogens is 1. The number of thioether (sulfide) groups is 1. The Balaban J connectivity index is 1.54. The number of rotatable bonds is 4. The Morgan fingerprint density at radius 2 is 2.00 bits per heavy atom. The molecule has 5 nitrogen and oxygen atoms in total. The zero-order valence-corrected chi connectivity index (χ0v) is 16.3. The summed E-state index contributed by atoms with van der Waals surface area (Å²) < 4.78 is 0.974. The summed E-state index contributed by atoms with van der Waals surface area (Å²) in [7, 11) is 0. The minimum absolute atomic E-state index is 0.0731. The molecule has 0 radical (unpaired) electrons. The van der Waals surface area contributed by atoms with Crippen molar-refractivity contribution in [1.29, 1.82) is 0 Å². The lowest BCUT2D eigenvalue weighted by molar-refractivity contribution is -0.113. The number of aromatic amines is 1. The fourth-order valence-corrected chi connectivity index (χ4v) is 3.78. The van der Waals surface area contributed by atoms with E-state index in [2.05, 4.69) is 55.3 Å². The van der Waals surface area contributed by atoms with Crippen molar-refractivity contribution >= 4 is 61.2 Å². The third-order valence-corrected chi connectivity index (χ3v) is 5.49. The van der Waals surface area contributed by atoms with Crippen LogP contribution in [0.5, 0.6) is 0 Å². The van der Waals surface area contributed by atoms with Gasteiger partial charge in [0.2, 0.25) is 5.91 Å². The molecule has 130 valence electrons. The van der Waals surface area contributed by atoms with Gasteiger partial charge in [0, 0.05) is 21.1 Å². The maximum Gasteiger partial charge on any atom is 0.234 e. The number of carbonyl (C=O) groups is 1. The number of hydrogen-bond donors (Lipinski definition) is 2. The summed E-state index contributed by atoms with van der Waals surface area (Å²) in [6.45, 7) is 2.06. The second-order valence-electron chi connectivity index (χ2n) is 5.92. The highest BCUT2D eigenvalue weighted by molar-refractivity contribution is 9.10. The van der Waals surface area contributed by atoms with E-state index < -0.39 is 0 Å². The fourth-order valence-electron chi connectivity index (χ4n) is 2.76. The molecule has 0 saturated carbocycles. The number of hydrogen-bond acceptors (Lipinski definition) is 4. The lowest BCUT2D eigenvalue weighted by atomic mass is 10.2. The van der Waals surface area contributed by atoms with Crippen molar-refractivity contribution in [2.45, 2.75) is 11.9 Å². The molecule has 7 heteroatoms. The van der Waals surface area contributed by atoms with Crippen molar-refractivity contribution < 1.29 is 4.79 Å². The number of carbonyl (C=O) groups excluding carboxylic acids is 1. The van der Waals surface area contributed by atoms with Crippen molar-refractivity contribution in [2.75, 3.05) is 11.1 Å². The molecule has 4 rings (SSSR count). The molecule has 2 aromatic heterocycles. The van der Waals surface area contributed by atoms with Gasteiger partial charge in [-0.15, -0.1) is 0 Å². The van der Waals surface area contributed by atoms with Gasteiger partial charge in [-0.1, -0.05) is 39.3 Å². The number of fused-ring (bicyclic) bond motifs is 3. The van der Waals surface area contributed by atoms with E-state index in [1.165, 1.54) is 17.3 Å². The number of benzene rings is 2. The van der Waals surface area contributed by atoms with Crippen LogP contribution in [0.25, 0.3) is 21.9 Å². The SMILES string of the molecule is Cc1ccc2[nH]c3c(SCC(=O)Nc4ccc(Br)cc4)ncnc3c2c1. The first-order valence-corrected chi connectivity index (χ1v) is 9.79. The monoisotopic (exact) mass is 426 g/mol. The van der Waals surface area contributed by atoms with Crippen molar-refractivity contribution in [1.82, 2.24) is 15.0 Å². The predicted octanol–water partition coefficient (Wildman–Crippen LogP) is 4.91. The summed E-state index contributed by atoms with van der Waals surface area (Å²) in [6.07, 6.45) is 1.55. The third kappa shape index (κ3) is 3.45. The van der Waals surface area contributed by atoms with E-state index in [1.54, 1.807) is 6.33 Å². The Hall–Kier alpha value is -2.38. The summed E-state index contributed by atoms with van der Waals surface area (Å²) in [6, 6.07) is 13.7. The average molecular weight is 427 g/mol. The Bertz CT molecular complexity index is 1110. The highest BCUT2D eigenvalue weighted by Gasteiger charge is 2.13. The van der Waals surface area contributed by atoms with Crippen molar-refractivity contribution in [3.8, 4) is 0 Å². The van der Waals surface area contributed by atoms with E-state index in [4.69, 9.17) is 0 Å². The number of aromatic nitrogens is 3. The van der Waals surface area contributed by atoms with Crippen LogP contribution in [0.1, 0.15) is 5.56 Å². The summed E-state index contributed by atoms with van der Waals surface area (Å²) in [5.74, 6) is 0.201. The normalized spacial score (nSPS) is 11.2. The van der Waals surface area contributed by atoms with Crippen LogP contribution >= 0.6 is 27.7 Å².